The molecule has 1 aliphatic heterocycles. The zero-order chi connectivity index (χ0) is 26.2. The maximum Gasteiger partial charge on any atom is 0.132 e. The summed E-state index contributed by atoms with van der Waals surface area (Å²) in [5.74, 6) is 1.82. The fourth-order valence-corrected chi connectivity index (χ4v) is 6.58. The van der Waals surface area contributed by atoms with E-state index in [1.54, 1.807) is 12.1 Å². The highest BCUT2D eigenvalue weighted by molar-refractivity contribution is 6.08. The Morgan fingerprint density at radius 3 is 1.85 bits per heavy atom. The number of benzene rings is 6. The molecule has 4 nitrogen and oxygen atoms in total. The highest BCUT2D eigenvalue weighted by Gasteiger charge is 2.33. The number of hydrogen-bond acceptors (Lipinski definition) is 3. The second-order valence-electron chi connectivity index (χ2n) is 10.3. The average Bonchev–Trinajstić information content (AvgIpc) is 3.28. The number of fused-ring (bicyclic) bond motifs is 9. The van der Waals surface area contributed by atoms with Crippen LogP contribution in [0.2, 0.25) is 0 Å². The lowest BCUT2D eigenvalue weighted by atomic mass is 9.78. The monoisotopic (exact) mass is 507 g/mol. The van der Waals surface area contributed by atoms with Gasteiger partial charge in [-0.25, -0.2) is 0 Å². The molecule has 1 aliphatic rings. The standard InChI is InChI=1S/C35H25NO3/c1-2-36-29-6-4-3-5-25(29)28-17-22(9-14-30(28)36)33-34-26-18-23(37)12-7-20(26)10-15-31(34)39-32-16-11-21-8-13-24(38)19-27(21)35(32)33/h3-19,33,37-38H,2H2,1H3. The van der Waals surface area contributed by atoms with Crippen LogP contribution < -0.4 is 4.74 Å². The molecule has 2 N–H and O–H groups in total. The molecule has 0 spiro atoms. The van der Waals surface area contributed by atoms with Crippen molar-refractivity contribution < 1.29 is 14.9 Å². The SMILES string of the molecule is CCn1c2ccccc2c2cc(C3c4c(ccc5ccc(O)cc45)Oc4ccc5ccc(O)cc5c43)ccc21. The maximum absolute atomic E-state index is 10.5. The van der Waals surface area contributed by atoms with Crippen molar-refractivity contribution in [2.45, 2.75) is 19.4 Å². The number of rotatable bonds is 2. The molecule has 0 atom stereocenters. The second kappa shape index (κ2) is 8.02. The molecule has 2 heterocycles. The fourth-order valence-electron chi connectivity index (χ4n) is 6.58. The summed E-state index contributed by atoms with van der Waals surface area (Å²) in [6.07, 6.45) is 0. The van der Waals surface area contributed by atoms with Crippen LogP contribution in [0.1, 0.15) is 29.5 Å². The van der Waals surface area contributed by atoms with Crippen LogP contribution in [0.4, 0.5) is 0 Å². The largest absolute Gasteiger partial charge is 0.508 e. The third-order valence-electron chi connectivity index (χ3n) is 8.26. The van der Waals surface area contributed by atoms with Crippen molar-refractivity contribution in [3.63, 3.8) is 0 Å². The molecule has 0 unspecified atom stereocenters. The molecule has 0 radical (unpaired) electrons. The van der Waals surface area contributed by atoms with Crippen LogP contribution in [0.25, 0.3) is 43.4 Å². The predicted octanol–water partition coefficient (Wildman–Crippen LogP) is 8.82. The van der Waals surface area contributed by atoms with E-state index in [9.17, 15) is 10.2 Å². The summed E-state index contributed by atoms with van der Waals surface area (Å²) in [5.41, 5.74) is 5.61. The van der Waals surface area contributed by atoms with Crippen molar-refractivity contribution >= 4 is 43.4 Å². The zero-order valence-electron chi connectivity index (χ0n) is 21.3. The highest BCUT2D eigenvalue weighted by Crippen LogP contribution is 2.53. The molecule has 39 heavy (non-hydrogen) atoms. The number of aromatic nitrogens is 1. The van der Waals surface area contributed by atoms with E-state index in [1.807, 2.05) is 48.5 Å². The Kier molecular flexibility index (Phi) is 4.54. The van der Waals surface area contributed by atoms with E-state index in [-0.39, 0.29) is 17.4 Å². The summed E-state index contributed by atoms with van der Waals surface area (Å²) in [7, 11) is 0. The van der Waals surface area contributed by atoms with Crippen LogP contribution in [0.5, 0.6) is 23.0 Å². The van der Waals surface area contributed by atoms with E-state index >= 15 is 0 Å². The maximum atomic E-state index is 10.5. The van der Waals surface area contributed by atoms with Crippen molar-refractivity contribution in [1.82, 2.24) is 4.57 Å². The topological polar surface area (TPSA) is 54.6 Å². The Hall–Kier alpha value is -4.96. The number of hydrogen-bond donors (Lipinski definition) is 2. The van der Waals surface area contributed by atoms with Crippen LogP contribution in [0.3, 0.4) is 0 Å². The number of phenolic OH excluding ortho intramolecular Hbond substituents is 2. The minimum atomic E-state index is -0.173. The van der Waals surface area contributed by atoms with Gasteiger partial charge in [-0.05, 0) is 88.6 Å². The van der Waals surface area contributed by atoms with Gasteiger partial charge in [0.25, 0.3) is 0 Å². The van der Waals surface area contributed by atoms with Gasteiger partial charge in [-0.3, -0.25) is 0 Å². The summed E-state index contributed by atoms with van der Waals surface area (Å²) in [6, 6.07) is 34.5. The van der Waals surface area contributed by atoms with E-state index in [4.69, 9.17) is 4.74 Å². The molecule has 1 aromatic heterocycles. The summed E-state index contributed by atoms with van der Waals surface area (Å²) >= 11 is 0. The Bertz CT molecular complexity index is 2030. The summed E-state index contributed by atoms with van der Waals surface area (Å²) in [5, 5.41) is 27.4. The molecule has 6 aromatic carbocycles. The minimum Gasteiger partial charge on any atom is -0.508 e. The zero-order valence-corrected chi connectivity index (χ0v) is 21.3. The van der Waals surface area contributed by atoms with Crippen molar-refractivity contribution in [3.8, 4) is 23.0 Å². The van der Waals surface area contributed by atoms with Crippen molar-refractivity contribution in [3.05, 3.63) is 120 Å². The Morgan fingerprint density at radius 1 is 0.615 bits per heavy atom. The van der Waals surface area contributed by atoms with Gasteiger partial charge in [0.1, 0.15) is 23.0 Å². The molecule has 0 saturated carbocycles. The molecule has 188 valence electrons. The van der Waals surface area contributed by atoms with Gasteiger partial charge >= 0.3 is 0 Å². The first-order chi connectivity index (χ1) is 19.1. The van der Waals surface area contributed by atoms with Crippen molar-refractivity contribution in [1.29, 1.82) is 0 Å². The van der Waals surface area contributed by atoms with Crippen LogP contribution >= 0.6 is 0 Å². The first kappa shape index (κ1) is 22.1. The minimum absolute atomic E-state index is 0.173. The number of aromatic hydroxyl groups is 2. The molecule has 8 rings (SSSR count). The molecule has 0 saturated heterocycles. The quantitative estimate of drug-likeness (QED) is 0.246. The van der Waals surface area contributed by atoms with E-state index in [0.717, 1.165) is 56.3 Å². The van der Waals surface area contributed by atoms with Gasteiger partial charge in [0, 0.05) is 45.4 Å². The average molecular weight is 508 g/mol. The third kappa shape index (κ3) is 3.12. The van der Waals surface area contributed by atoms with E-state index < -0.39 is 0 Å². The molecule has 0 fully saturated rings. The molecular weight excluding hydrogens is 482 g/mol. The van der Waals surface area contributed by atoms with Crippen LogP contribution in [0, 0.1) is 0 Å². The molecule has 7 aromatic rings. The van der Waals surface area contributed by atoms with Gasteiger partial charge in [-0.1, -0.05) is 48.5 Å². The second-order valence-corrected chi connectivity index (χ2v) is 10.3. The van der Waals surface area contributed by atoms with Gasteiger partial charge in [0.2, 0.25) is 0 Å². The molecule has 0 aliphatic carbocycles. The number of phenols is 2. The summed E-state index contributed by atoms with van der Waals surface area (Å²) < 4.78 is 8.90. The molecule has 0 amide bonds. The fraction of sp³-hybridized carbons (Fsp3) is 0.0857. The van der Waals surface area contributed by atoms with Crippen LogP contribution in [0.15, 0.2) is 103 Å². The Labute approximate surface area is 224 Å². The first-order valence-corrected chi connectivity index (χ1v) is 13.3. The molecule has 0 bridgehead atoms. The molecular formula is C35H25NO3. The molecule has 4 heteroatoms. The van der Waals surface area contributed by atoms with Crippen LogP contribution in [-0.4, -0.2) is 14.8 Å². The van der Waals surface area contributed by atoms with Gasteiger partial charge in [-0.2, -0.15) is 0 Å². The normalized spacial score (nSPS) is 13.2. The number of nitrogens with zero attached hydrogens (tertiary/aromatic N) is 1. The number of aryl methyl sites for hydroxylation is 1. The van der Waals surface area contributed by atoms with Crippen molar-refractivity contribution in [2.24, 2.45) is 0 Å². The Balaban J connectivity index is 1.51. The summed E-state index contributed by atoms with van der Waals surface area (Å²) in [4.78, 5) is 0. The van der Waals surface area contributed by atoms with Gasteiger partial charge in [0.15, 0.2) is 0 Å². The third-order valence-corrected chi connectivity index (χ3v) is 8.26. The number of ether oxygens (including phenoxy) is 1. The lowest BCUT2D eigenvalue weighted by Crippen LogP contribution is -2.13. The van der Waals surface area contributed by atoms with Crippen LogP contribution in [-0.2, 0) is 6.54 Å². The van der Waals surface area contributed by atoms with Crippen molar-refractivity contribution in [2.75, 3.05) is 0 Å². The number of para-hydroxylation sites is 1. The summed E-state index contributed by atoms with van der Waals surface area (Å²) in [6.45, 7) is 3.07. The lowest BCUT2D eigenvalue weighted by Gasteiger charge is -2.31. The highest BCUT2D eigenvalue weighted by atomic mass is 16.5. The predicted molar refractivity (Wildman–Crippen MR) is 157 cm³/mol. The smallest absolute Gasteiger partial charge is 0.132 e. The van der Waals surface area contributed by atoms with E-state index in [1.165, 1.54) is 21.8 Å². The van der Waals surface area contributed by atoms with Gasteiger partial charge < -0.3 is 19.5 Å². The lowest BCUT2D eigenvalue weighted by molar-refractivity contribution is 0.455. The first-order valence-electron chi connectivity index (χ1n) is 13.3. The Morgan fingerprint density at radius 2 is 1.21 bits per heavy atom. The van der Waals surface area contributed by atoms with Gasteiger partial charge in [-0.15, -0.1) is 0 Å². The van der Waals surface area contributed by atoms with Gasteiger partial charge in [0.05, 0.1) is 0 Å². The van der Waals surface area contributed by atoms with E-state index in [0.29, 0.717) is 0 Å². The van der Waals surface area contributed by atoms with E-state index in [2.05, 4.69) is 54.0 Å².